The number of nitrogens with one attached hydrogen (secondary N) is 2. The molecule has 0 saturated heterocycles. The zero-order chi connectivity index (χ0) is 40.4. The molecular weight excluding hydrogens is 763 g/mol. The number of benzene rings is 6. The molecule has 0 saturated carbocycles. The van der Waals surface area contributed by atoms with Crippen molar-refractivity contribution in [1.29, 1.82) is 0 Å². The number of aryl methyl sites for hydroxylation is 1. The van der Waals surface area contributed by atoms with Crippen molar-refractivity contribution in [2.24, 2.45) is 7.05 Å². The van der Waals surface area contributed by atoms with E-state index in [1.54, 1.807) is 61.6 Å². The van der Waals surface area contributed by atoms with Crippen LogP contribution < -0.4 is 15.6 Å². The lowest BCUT2D eigenvalue weighted by Crippen LogP contribution is -2.29. The Morgan fingerprint density at radius 2 is 1.30 bits per heavy atom. The van der Waals surface area contributed by atoms with Crippen LogP contribution in [0.2, 0.25) is 0 Å². The highest BCUT2D eigenvalue weighted by Crippen LogP contribution is 2.44. The minimum atomic E-state index is -4.28. The number of anilines is 3. The molecule has 3 N–H and O–H groups in total. The van der Waals surface area contributed by atoms with Gasteiger partial charge in [0.25, 0.3) is 15.7 Å². The fourth-order valence-electron chi connectivity index (χ4n) is 6.61. The molecule has 0 fully saturated rings. The van der Waals surface area contributed by atoms with Crippen LogP contribution in [0.4, 0.5) is 17.1 Å². The minimum absolute atomic E-state index is 0. The van der Waals surface area contributed by atoms with Crippen molar-refractivity contribution in [3.63, 3.8) is 0 Å². The van der Waals surface area contributed by atoms with Gasteiger partial charge in [-0.15, -0.1) is 0 Å². The van der Waals surface area contributed by atoms with Crippen molar-refractivity contribution < 1.29 is 31.0 Å². The average Bonchev–Trinajstić information content (AvgIpc) is 3.19. The molecule has 13 heteroatoms. The lowest BCUT2D eigenvalue weighted by Gasteiger charge is -2.25. The normalized spacial score (nSPS) is 11.6. The first-order chi connectivity index (χ1) is 26.7. The van der Waals surface area contributed by atoms with Crippen LogP contribution in [0, 0.1) is 0 Å². The van der Waals surface area contributed by atoms with E-state index < -0.39 is 20.1 Å². The van der Waals surface area contributed by atoms with Gasteiger partial charge in [0.05, 0.1) is 39.2 Å². The lowest BCUT2D eigenvalue weighted by atomic mass is 9.80. The maximum atomic E-state index is 13.8. The molecule has 0 spiro atoms. The molecule has 0 unspecified atom stereocenters. The van der Waals surface area contributed by atoms with E-state index in [2.05, 4.69) is 10.0 Å². The van der Waals surface area contributed by atoms with E-state index in [0.717, 1.165) is 11.9 Å². The van der Waals surface area contributed by atoms with Crippen LogP contribution in [0.3, 0.4) is 0 Å². The van der Waals surface area contributed by atoms with Crippen molar-refractivity contribution in [2.45, 2.75) is 26.2 Å². The Kier molecular flexibility index (Phi) is 12.3. The fraction of sp³-hybridized carbons (Fsp3) is 0.114. The van der Waals surface area contributed by atoms with Crippen molar-refractivity contribution >= 4 is 70.4 Å². The summed E-state index contributed by atoms with van der Waals surface area (Å²) in [4.78, 5) is 41.0. The van der Waals surface area contributed by atoms with E-state index in [0.29, 0.717) is 60.9 Å². The number of nitrogens with zero attached hydrogens (tertiary/aromatic N) is 1. The number of sulfonamides is 1. The molecule has 0 bridgehead atoms. The van der Waals surface area contributed by atoms with Gasteiger partial charge < -0.3 is 9.88 Å². The molecule has 292 valence electrons. The van der Waals surface area contributed by atoms with E-state index >= 15 is 0 Å². The topological polar surface area (TPSA) is 169 Å². The van der Waals surface area contributed by atoms with Crippen molar-refractivity contribution in [1.82, 2.24) is 4.57 Å². The number of hydrogen-bond donors (Lipinski definition) is 3. The number of fused-ring (bicyclic) bond motifs is 3. The predicted octanol–water partition coefficient (Wildman–Crippen LogP) is 8.84. The number of carbonyl (C=O) groups is 2. The summed E-state index contributed by atoms with van der Waals surface area (Å²) in [5.41, 5.74) is 4.56. The first kappa shape index (κ1) is 41.7. The summed E-state index contributed by atoms with van der Waals surface area (Å²) in [6.45, 7) is 4.00. The van der Waals surface area contributed by atoms with Crippen LogP contribution >= 0.6 is 0 Å². The van der Waals surface area contributed by atoms with E-state index in [-0.39, 0.29) is 35.0 Å². The van der Waals surface area contributed by atoms with Crippen LogP contribution in [0.5, 0.6) is 0 Å². The number of rotatable bonds is 7. The van der Waals surface area contributed by atoms with Crippen LogP contribution in [-0.2, 0) is 27.2 Å². The van der Waals surface area contributed by atoms with Gasteiger partial charge in [-0.3, -0.25) is 23.7 Å². The van der Waals surface area contributed by atoms with Gasteiger partial charge in [-0.05, 0) is 53.4 Å². The highest BCUT2D eigenvalue weighted by Gasteiger charge is 2.34. The van der Waals surface area contributed by atoms with Crippen molar-refractivity contribution in [2.75, 3.05) is 16.3 Å². The number of hydrogen-bond acceptors (Lipinski definition) is 8. The van der Waals surface area contributed by atoms with Gasteiger partial charge >= 0.3 is 0 Å². The van der Waals surface area contributed by atoms with Gasteiger partial charge in [-0.25, -0.2) is 8.42 Å². The highest BCUT2D eigenvalue weighted by atomic mass is 32.2. The first-order valence-corrected chi connectivity index (χ1v) is 20.8. The number of aromatic nitrogens is 1. The fourth-order valence-corrected chi connectivity index (χ4v) is 7.70. The monoisotopic (exact) mass is 803 g/mol. The molecule has 0 radical (unpaired) electrons. The summed E-state index contributed by atoms with van der Waals surface area (Å²) in [5.74, 6) is -0.506. The van der Waals surface area contributed by atoms with Gasteiger partial charge in [-0.1, -0.05) is 112 Å². The maximum Gasteiger partial charge on any atom is 0.294 e. The molecule has 1 heterocycles. The summed E-state index contributed by atoms with van der Waals surface area (Å²) in [6, 6.07) is 37.9. The third-order valence-electron chi connectivity index (χ3n) is 8.99. The number of carbonyl (C=O) groups excluding carboxylic acids is 2. The molecule has 7 aromatic rings. The summed E-state index contributed by atoms with van der Waals surface area (Å²) in [5, 5.41) is 5.01. The van der Waals surface area contributed by atoms with Gasteiger partial charge in [0.1, 0.15) is 0 Å². The Labute approximate surface area is 331 Å². The lowest BCUT2D eigenvalue weighted by molar-refractivity contribution is 0.102. The molecule has 1 aliphatic carbocycles. The zero-order valence-electron chi connectivity index (χ0n) is 30.8. The quantitative estimate of drug-likeness (QED) is 0.105. The zero-order valence-corrected chi connectivity index (χ0v) is 32.4. The van der Waals surface area contributed by atoms with E-state index in [4.69, 9.17) is 4.55 Å². The van der Waals surface area contributed by atoms with E-state index in [1.807, 2.05) is 74.5 Å². The Morgan fingerprint density at radius 3 is 1.93 bits per heavy atom. The van der Waals surface area contributed by atoms with Gasteiger partial charge in [0.2, 0.25) is 10.0 Å². The number of ketones is 2. The largest absolute Gasteiger partial charge is 0.355 e. The smallest absolute Gasteiger partial charge is 0.294 e. The van der Waals surface area contributed by atoms with Crippen molar-refractivity contribution in [3.05, 3.63) is 166 Å². The maximum absolute atomic E-state index is 13.8. The molecule has 11 nitrogen and oxygen atoms in total. The average molecular weight is 804 g/mol. The summed E-state index contributed by atoms with van der Waals surface area (Å²) >= 11 is 0. The highest BCUT2D eigenvalue weighted by molar-refractivity contribution is 7.92. The van der Waals surface area contributed by atoms with E-state index in [1.165, 1.54) is 22.8 Å². The second kappa shape index (κ2) is 16.8. The third kappa shape index (κ3) is 8.41. The third-order valence-corrected chi connectivity index (χ3v) is 10.4. The summed E-state index contributed by atoms with van der Waals surface area (Å²) in [6.07, 6.45) is 1.03. The van der Waals surface area contributed by atoms with Gasteiger partial charge in [-0.2, -0.15) is 8.42 Å². The molecule has 1 aromatic heterocycles. The van der Waals surface area contributed by atoms with Crippen molar-refractivity contribution in [3.8, 4) is 11.1 Å². The number of pyridine rings is 1. The second-order valence-electron chi connectivity index (χ2n) is 12.6. The Morgan fingerprint density at radius 1 is 0.684 bits per heavy atom. The minimum Gasteiger partial charge on any atom is -0.355 e. The van der Waals surface area contributed by atoms with Gasteiger partial charge in [0, 0.05) is 40.2 Å². The predicted molar refractivity (Wildman–Crippen MR) is 228 cm³/mol. The molecule has 0 aliphatic heterocycles. The summed E-state index contributed by atoms with van der Waals surface area (Å²) in [7, 11) is -6.06. The first-order valence-electron chi connectivity index (χ1n) is 17.5. The number of para-hydroxylation sites is 1. The van der Waals surface area contributed by atoms with Gasteiger partial charge in [0.15, 0.2) is 11.6 Å². The molecule has 0 amide bonds. The second-order valence-corrected chi connectivity index (χ2v) is 15.8. The van der Waals surface area contributed by atoms with Crippen LogP contribution in [-0.4, -0.2) is 43.8 Å². The van der Waals surface area contributed by atoms with Crippen LogP contribution in [0.1, 0.15) is 53.1 Å². The van der Waals surface area contributed by atoms with Crippen LogP contribution in [0.25, 0.3) is 32.8 Å². The SMILES string of the molecule is C.CC.CS(=O)(=O)Nc1cccc2cc(S(=O)(=O)O)ccc12.Cn1c(=O)c(C(=O)c2ccccc2)c2c3c(c(Nc4ccccc4)ccc31)C(=O)c1ccccc1-2. The Balaban J connectivity index is 0.000000240. The summed E-state index contributed by atoms with van der Waals surface area (Å²) < 4.78 is 57.3. The Hall–Kier alpha value is -6.41. The standard InChI is InChI=1S/C30H20N2O3.C11H11NO5S2.C2H6.CH4/c1-32-23-17-16-22(31-19-12-6-3-7-13-19)25-26(23)24(20-14-8-9-15-21(20)29(25)34)27(30(32)35)28(33)18-10-4-2-5-11-18;1-18(13,14)12-11-4-2-3-8-7-9(19(15,16)17)5-6-10(8)11;1-2;/h2-17,31H,1H3;2-7,12H,1H3,(H,15,16,17);1-2H3;1H4. The molecular formula is C44H41N3O8S2. The molecule has 8 rings (SSSR count). The van der Waals surface area contributed by atoms with E-state index in [9.17, 15) is 31.2 Å². The molecule has 1 aliphatic rings. The molecule has 0 atom stereocenters. The Bertz CT molecular complexity index is 2950. The molecule has 6 aromatic carbocycles. The van der Waals surface area contributed by atoms with Crippen LogP contribution in [0.15, 0.2) is 143 Å². The molecule has 57 heavy (non-hydrogen) atoms.